The van der Waals surface area contributed by atoms with Crippen LogP contribution in [0.3, 0.4) is 0 Å². The smallest absolute Gasteiger partial charge is 0.227 e. The monoisotopic (exact) mass is 358 g/mol. The molecule has 3 N–H and O–H groups in total. The molecule has 1 aliphatic rings. The number of carbonyl (C=O) groups excluding carboxylic acids is 1. The van der Waals surface area contributed by atoms with E-state index in [0.717, 1.165) is 24.3 Å². The number of hydrogen-bond donors (Lipinski definition) is 2. The summed E-state index contributed by atoms with van der Waals surface area (Å²) in [6.45, 7) is 2.32. The molecule has 1 aliphatic heterocycles. The van der Waals surface area contributed by atoms with Gasteiger partial charge in [0.05, 0.1) is 5.41 Å². The lowest BCUT2D eigenvalue weighted by molar-refractivity contribution is -0.135. The number of ether oxygens (including phenoxy) is 1. The van der Waals surface area contributed by atoms with E-state index in [-0.39, 0.29) is 5.91 Å². The molecule has 0 bridgehead atoms. The molecule has 0 spiro atoms. The molecule has 0 aliphatic carbocycles. The van der Waals surface area contributed by atoms with Gasteiger partial charge in [0.15, 0.2) is 0 Å². The molecule has 0 aromatic heterocycles. The van der Waals surface area contributed by atoms with E-state index in [1.807, 2.05) is 11.8 Å². The Labute approximate surface area is 153 Å². The van der Waals surface area contributed by atoms with Crippen LogP contribution < -0.4 is 11.1 Å². The van der Waals surface area contributed by atoms with Crippen molar-refractivity contribution in [3.8, 4) is 0 Å². The van der Waals surface area contributed by atoms with Gasteiger partial charge in [0.25, 0.3) is 0 Å². The van der Waals surface area contributed by atoms with Crippen molar-refractivity contribution in [3.05, 3.63) is 48.0 Å². The molecule has 2 aromatic rings. The van der Waals surface area contributed by atoms with Crippen molar-refractivity contribution in [2.24, 2.45) is 11.1 Å². The van der Waals surface area contributed by atoms with E-state index in [0.29, 0.717) is 26.3 Å². The van der Waals surface area contributed by atoms with E-state index in [1.165, 1.54) is 16.3 Å². The van der Waals surface area contributed by atoms with Crippen molar-refractivity contribution in [3.63, 3.8) is 0 Å². The first-order valence-corrected chi connectivity index (χ1v) is 10.0. The van der Waals surface area contributed by atoms with Crippen molar-refractivity contribution in [1.82, 2.24) is 5.32 Å². The number of carbonyl (C=O) groups is 1. The Kier molecular flexibility index (Phi) is 6.34. The number of hydrogen-bond acceptors (Lipinski definition) is 4. The summed E-state index contributed by atoms with van der Waals surface area (Å²) >= 11 is 1.85. The molecule has 0 radical (unpaired) electrons. The zero-order valence-electron chi connectivity index (χ0n) is 14.5. The molecule has 1 saturated heterocycles. The fourth-order valence-electron chi connectivity index (χ4n) is 3.31. The summed E-state index contributed by atoms with van der Waals surface area (Å²) in [4.78, 5) is 12.5. The van der Waals surface area contributed by atoms with Gasteiger partial charge >= 0.3 is 0 Å². The molecule has 25 heavy (non-hydrogen) atoms. The van der Waals surface area contributed by atoms with Crippen molar-refractivity contribution in [2.45, 2.75) is 18.6 Å². The normalized spacial score (nSPS) is 16.7. The van der Waals surface area contributed by atoms with Crippen molar-refractivity contribution < 1.29 is 9.53 Å². The van der Waals surface area contributed by atoms with Gasteiger partial charge in [-0.1, -0.05) is 42.5 Å². The highest BCUT2D eigenvalue weighted by Crippen LogP contribution is 2.29. The summed E-state index contributed by atoms with van der Waals surface area (Å²) in [6.07, 6.45) is 1.44. The molecule has 0 atom stereocenters. The Morgan fingerprint density at radius 1 is 1.16 bits per heavy atom. The Morgan fingerprint density at radius 2 is 1.92 bits per heavy atom. The molecule has 0 saturated carbocycles. The highest BCUT2D eigenvalue weighted by molar-refractivity contribution is 7.98. The van der Waals surface area contributed by atoms with E-state index < -0.39 is 5.41 Å². The van der Waals surface area contributed by atoms with E-state index in [4.69, 9.17) is 10.5 Å². The van der Waals surface area contributed by atoms with Gasteiger partial charge in [-0.2, -0.15) is 11.8 Å². The lowest BCUT2D eigenvalue weighted by Crippen LogP contribution is -2.49. The summed E-state index contributed by atoms with van der Waals surface area (Å²) in [5, 5.41) is 5.66. The van der Waals surface area contributed by atoms with E-state index in [9.17, 15) is 4.79 Å². The first-order valence-electron chi connectivity index (χ1n) is 8.86. The van der Waals surface area contributed by atoms with Crippen LogP contribution in [0.2, 0.25) is 0 Å². The van der Waals surface area contributed by atoms with Gasteiger partial charge in [-0.05, 0) is 29.2 Å². The standard InChI is InChI=1S/C20H26N2O2S/c21-15-20(8-11-24-12-9-20)19(23)22-10-13-25-14-17-6-3-5-16-4-1-2-7-18(16)17/h1-7H,8-15,21H2,(H,22,23). The number of nitrogens with two attached hydrogens (primary N) is 1. The van der Waals surface area contributed by atoms with Crippen LogP contribution in [0, 0.1) is 5.41 Å². The summed E-state index contributed by atoms with van der Waals surface area (Å²) in [5.41, 5.74) is 6.79. The third kappa shape index (κ3) is 4.35. The summed E-state index contributed by atoms with van der Waals surface area (Å²) in [7, 11) is 0. The minimum atomic E-state index is -0.432. The van der Waals surface area contributed by atoms with Crippen LogP contribution in [0.15, 0.2) is 42.5 Å². The van der Waals surface area contributed by atoms with Crippen LogP contribution in [-0.2, 0) is 15.3 Å². The maximum absolute atomic E-state index is 12.5. The molecule has 0 unspecified atom stereocenters. The van der Waals surface area contributed by atoms with Crippen molar-refractivity contribution >= 4 is 28.4 Å². The average Bonchev–Trinajstić information content (AvgIpc) is 2.68. The van der Waals surface area contributed by atoms with Crippen LogP contribution in [0.5, 0.6) is 0 Å². The molecule has 5 heteroatoms. The molecule has 134 valence electrons. The fourth-order valence-corrected chi connectivity index (χ4v) is 4.17. The van der Waals surface area contributed by atoms with Crippen LogP contribution >= 0.6 is 11.8 Å². The Hall–Kier alpha value is -1.56. The van der Waals surface area contributed by atoms with Gasteiger partial charge in [0.1, 0.15) is 0 Å². The highest BCUT2D eigenvalue weighted by Gasteiger charge is 2.38. The second-order valence-corrected chi connectivity index (χ2v) is 7.65. The van der Waals surface area contributed by atoms with Crippen molar-refractivity contribution in [1.29, 1.82) is 0 Å². The second kappa shape index (κ2) is 8.70. The Bertz CT molecular complexity index is 708. The minimum absolute atomic E-state index is 0.0871. The zero-order chi connectivity index (χ0) is 17.5. The van der Waals surface area contributed by atoms with Crippen LogP contribution in [0.4, 0.5) is 0 Å². The summed E-state index contributed by atoms with van der Waals surface area (Å²) in [6, 6.07) is 14.9. The summed E-state index contributed by atoms with van der Waals surface area (Å²) < 4.78 is 5.36. The van der Waals surface area contributed by atoms with Gasteiger partial charge in [-0.3, -0.25) is 4.79 Å². The second-order valence-electron chi connectivity index (χ2n) is 6.54. The predicted octanol–water partition coefficient (Wildman–Crippen LogP) is 2.94. The fraction of sp³-hybridized carbons (Fsp3) is 0.450. The van der Waals surface area contributed by atoms with Gasteiger partial charge in [0, 0.05) is 37.8 Å². The molecular weight excluding hydrogens is 332 g/mol. The maximum atomic E-state index is 12.5. The van der Waals surface area contributed by atoms with Gasteiger partial charge in [-0.25, -0.2) is 0 Å². The first-order chi connectivity index (χ1) is 12.2. The molecule has 1 heterocycles. The van der Waals surface area contributed by atoms with Crippen LogP contribution in [0.1, 0.15) is 18.4 Å². The van der Waals surface area contributed by atoms with Crippen LogP contribution in [-0.4, -0.2) is 38.0 Å². The maximum Gasteiger partial charge on any atom is 0.227 e. The van der Waals surface area contributed by atoms with Crippen molar-refractivity contribution in [2.75, 3.05) is 32.1 Å². The quantitative estimate of drug-likeness (QED) is 0.747. The number of rotatable bonds is 7. The molecule has 2 aromatic carbocycles. The molecule has 4 nitrogen and oxygen atoms in total. The number of fused-ring (bicyclic) bond motifs is 1. The predicted molar refractivity (Wildman–Crippen MR) is 105 cm³/mol. The average molecular weight is 359 g/mol. The lowest BCUT2D eigenvalue weighted by Gasteiger charge is -2.34. The van der Waals surface area contributed by atoms with Crippen LogP contribution in [0.25, 0.3) is 10.8 Å². The van der Waals surface area contributed by atoms with E-state index >= 15 is 0 Å². The topological polar surface area (TPSA) is 64.4 Å². The minimum Gasteiger partial charge on any atom is -0.381 e. The lowest BCUT2D eigenvalue weighted by atomic mass is 9.79. The zero-order valence-corrected chi connectivity index (χ0v) is 15.3. The Morgan fingerprint density at radius 3 is 2.72 bits per heavy atom. The SMILES string of the molecule is NCC1(C(=O)NCCSCc2cccc3ccccc23)CCOCC1. The number of nitrogens with one attached hydrogen (secondary N) is 1. The van der Waals surface area contributed by atoms with E-state index in [2.05, 4.69) is 47.8 Å². The molecule has 1 fully saturated rings. The third-order valence-corrected chi connectivity index (χ3v) is 6.00. The summed E-state index contributed by atoms with van der Waals surface area (Å²) in [5.74, 6) is 1.93. The largest absolute Gasteiger partial charge is 0.381 e. The molecular formula is C20H26N2O2S. The number of benzene rings is 2. The third-order valence-electron chi connectivity index (χ3n) is 4.99. The van der Waals surface area contributed by atoms with Gasteiger partial charge in [0.2, 0.25) is 5.91 Å². The van der Waals surface area contributed by atoms with E-state index in [1.54, 1.807) is 0 Å². The number of amides is 1. The van der Waals surface area contributed by atoms with Gasteiger partial charge in [-0.15, -0.1) is 0 Å². The molecule has 3 rings (SSSR count). The highest BCUT2D eigenvalue weighted by atomic mass is 32.2. The molecule has 1 amide bonds. The number of thioether (sulfide) groups is 1. The first kappa shape index (κ1) is 18.2. The Balaban J connectivity index is 1.46. The van der Waals surface area contributed by atoms with Gasteiger partial charge < -0.3 is 15.8 Å².